The Morgan fingerprint density at radius 3 is 2.50 bits per heavy atom. The van der Waals surface area contributed by atoms with E-state index in [9.17, 15) is 9.59 Å². The van der Waals surface area contributed by atoms with E-state index in [0.29, 0.717) is 12.8 Å². The van der Waals surface area contributed by atoms with Gasteiger partial charge in [0, 0.05) is 5.57 Å². The average Bonchev–Trinajstić information content (AvgIpc) is 2.01. The van der Waals surface area contributed by atoms with Gasteiger partial charge in [-0.15, -0.1) is 0 Å². The Morgan fingerprint density at radius 1 is 1.21 bits per heavy atom. The molecule has 0 radical (unpaired) electrons. The predicted octanol–water partition coefficient (Wildman–Crippen LogP) is 1.66. The monoisotopic (exact) mass is 198 g/mol. The molecule has 0 fully saturated rings. The summed E-state index contributed by atoms with van der Waals surface area (Å²) in [6, 6.07) is 0. The second-order valence-electron chi connectivity index (χ2n) is 3.54. The van der Waals surface area contributed by atoms with Gasteiger partial charge < -0.3 is 10.2 Å². The maximum absolute atomic E-state index is 10.8. The Balaban J connectivity index is 2.82. The lowest BCUT2D eigenvalue weighted by Gasteiger charge is -2.13. The number of hydrogen-bond donors (Lipinski definition) is 2. The largest absolute Gasteiger partial charge is 0.481 e. The van der Waals surface area contributed by atoms with E-state index in [4.69, 9.17) is 10.2 Å². The highest BCUT2D eigenvalue weighted by molar-refractivity contribution is 5.87. The summed E-state index contributed by atoms with van der Waals surface area (Å²) in [5.74, 6) is -2.54. The maximum Gasteiger partial charge on any atom is 0.331 e. The van der Waals surface area contributed by atoms with Gasteiger partial charge in [-0.05, 0) is 19.3 Å². The topological polar surface area (TPSA) is 74.6 Å². The molecule has 1 rings (SSSR count). The van der Waals surface area contributed by atoms with Gasteiger partial charge in [0.05, 0.1) is 5.92 Å². The molecule has 1 unspecified atom stereocenters. The number of rotatable bonds is 2. The Kier molecular flexibility index (Phi) is 3.68. The number of aliphatic carboxylic acids is 2. The second-order valence-corrected chi connectivity index (χ2v) is 3.54. The first-order valence-electron chi connectivity index (χ1n) is 4.78. The molecule has 0 aromatic rings. The lowest BCUT2D eigenvalue weighted by Crippen LogP contribution is -2.15. The molecular weight excluding hydrogens is 184 g/mol. The highest BCUT2D eigenvalue weighted by atomic mass is 16.4. The van der Waals surface area contributed by atoms with E-state index < -0.39 is 17.9 Å². The highest BCUT2D eigenvalue weighted by Crippen LogP contribution is 2.21. The van der Waals surface area contributed by atoms with Crippen LogP contribution in [0.5, 0.6) is 0 Å². The van der Waals surface area contributed by atoms with Gasteiger partial charge in [0.1, 0.15) is 0 Å². The van der Waals surface area contributed by atoms with Gasteiger partial charge in [-0.1, -0.05) is 18.9 Å². The molecule has 14 heavy (non-hydrogen) atoms. The first kappa shape index (κ1) is 10.8. The molecule has 1 aliphatic rings. The molecule has 4 nitrogen and oxygen atoms in total. The average molecular weight is 198 g/mol. The van der Waals surface area contributed by atoms with E-state index >= 15 is 0 Å². The van der Waals surface area contributed by atoms with Crippen molar-refractivity contribution in [3.05, 3.63) is 11.6 Å². The Bertz CT molecular complexity index is 267. The molecule has 0 amide bonds. The summed E-state index contributed by atoms with van der Waals surface area (Å²) in [6.45, 7) is 0. The molecule has 4 heteroatoms. The zero-order chi connectivity index (χ0) is 10.6. The zero-order valence-electron chi connectivity index (χ0n) is 7.90. The van der Waals surface area contributed by atoms with Crippen LogP contribution < -0.4 is 0 Å². The Morgan fingerprint density at radius 2 is 1.93 bits per heavy atom. The third-order valence-electron chi connectivity index (χ3n) is 2.46. The summed E-state index contributed by atoms with van der Waals surface area (Å²) in [5, 5.41) is 17.6. The molecule has 78 valence electrons. The van der Waals surface area contributed by atoms with Crippen molar-refractivity contribution in [3.8, 4) is 0 Å². The van der Waals surface area contributed by atoms with Gasteiger partial charge in [-0.3, -0.25) is 4.79 Å². The Labute approximate surface area is 82.2 Å². The fourth-order valence-corrected chi connectivity index (χ4v) is 1.64. The van der Waals surface area contributed by atoms with Crippen molar-refractivity contribution in [1.29, 1.82) is 0 Å². The SMILES string of the molecule is O=C(O)/C1=C/C(C(=O)O)CCCCC1. The smallest absolute Gasteiger partial charge is 0.331 e. The van der Waals surface area contributed by atoms with Crippen LogP contribution in [0.4, 0.5) is 0 Å². The second kappa shape index (κ2) is 4.79. The molecule has 0 bridgehead atoms. The fourth-order valence-electron chi connectivity index (χ4n) is 1.64. The first-order valence-corrected chi connectivity index (χ1v) is 4.78. The Hall–Kier alpha value is -1.32. The van der Waals surface area contributed by atoms with Crippen molar-refractivity contribution in [2.45, 2.75) is 32.1 Å². The van der Waals surface area contributed by atoms with Crippen LogP contribution in [-0.2, 0) is 9.59 Å². The zero-order valence-corrected chi connectivity index (χ0v) is 7.90. The number of carboxylic acid groups (broad SMARTS) is 2. The summed E-state index contributed by atoms with van der Waals surface area (Å²) in [7, 11) is 0. The standard InChI is InChI=1S/C10H14O4/c11-9(12)7-4-2-1-3-5-8(6-7)10(13)14/h6-7H,1-5H2,(H,11,12)(H,13,14)/b8-6+. The first-order chi connectivity index (χ1) is 6.61. The van der Waals surface area contributed by atoms with Crippen LogP contribution in [0.2, 0.25) is 0 Å². The van der Waals surface area contributed by atoms with E-state index in [1.165, 1.54) is 6.08 Å². The summed E-state index contributed by atoms with van der Waals surface area (Å²) in [6.07, 6.45) is 5.04. The fraction of sp³-hybridized carbons (Fsp3) is 0.600. The molecular formula is C10H14O4. The molecule has 0 aromatic carbocycles. The van der Waals surface area contributed by atoms with E-state index in [-0.39, 0.29) is 5.57 Å². The van der Waals surface area contributed by atoms with Crippen LogP contribution in [0, 0.1) is 5.92 Å². The van der Waals surface area contributed by atoms with Crippen molar-refractivity contribution < 1.29 is 19.8 Å². The van der Waals surface area contributed by atoms with E-state index in [0.717, 1.165) is 19.3 Å². The molecule has 0 saturated carbocycles. The van der Waals surface area contributed by atoms with Crippen LogP contribution in [0.25, 0.3) is 0 Å². The molecule has 1 atom stereocenters. The van der Waals surface area contributed by atoms with Crippen molar-refractivity contribution >= 4 is 11.9 Å². The minimum atomic E-state index is -0.988. The minimum absolute atomic E-state index is 0.247. The molecule has 0 spiro atoms. The number of hydrogen-bond acceptors (Lipinski definition) is 2. The molecule has 1 aliphatic carbocycles. The van der Waals surface area contributed by atoms with Crippen LogP contribution in [0.3, 0.4) is 0 Å². The molecule has 0 heterocycles. The van der Waals surface area contributed by atoms with Crippen molar-refractivity contribution in [2.24, 2.45) is 5.92 Å². The van der Waals surface area contributed by atoms with Crippen LogP contribution in [0.15, 0.2) is 11.6 Å². The normalized spacial score (nSPS) is 26.9. The van der Waals surface area contributed by atoms with Gasteiger partial charge in [0.2, 0.25) is 0 Å². The van der Waals surface area contributed by atoms with Crippen LogP contribution in [0.1, 0.15) is 32.1 Å². The summed E-state index contributed by atoms with van der Waals surface area (Å²) < 4.78 is 0. The summed E-state index contributed by atoms with van der Waals surface area (Å²) in [4.78, 5) is 21.5. The lowest BCUT2D eigenvalue weighted by atomic mass is 9.92. The van der Waals surface area contributed by atoms with Gasteiger partial charge in [-0.2, -0.15) is 0 Å². The van der Waals surface area contributed by atoms with Gasteiger partial charge in [-0.25, -0.2) is 4.79 Å². The van der Waals surface area contributed by atoms with Crippen molar-refractivity contribution in [1.82, 2.24) is 0 Å². The van der Waals surface area contributed by atoms with Gasteiger partial charge in [0.25, 0.3) is 0 Å². The van der Waals surface area contributed by atoms with Crippen LogP contribution >= 0.6 is 0 Å². The van der Waals surface area contributed by atoms with E-state index in [1.54, 1.807) is 0 Å². The predicted molar refractivity (Wildman–Crippen MR) is 49.9 cm³/mol. The molecule has 0 aliphatic heterocycles. The van der Waals surface area contributed by atoms with E-state index in [2.05, 4.69) is 0 Å². The maximum atomic E-state index is 10.8. The number of carbonyl (C=O) groups is 2. The van der Waals surface area contributed by atoms with Crippen molar-refractivity contribution in [3.63, 3.8) is 0 Å². The third-order valence-corrected chi connectivity index (χ3v) is 2.46. The molecule has 0 saturated heterocycles. The van der Waals surface area contributed by atoms with Gasteiger partial charge in [0.15, 0.2) is 0 Å². The van der Waals surface area contributed by atoms with Crippen molar-refractivity contribution in [2.75, 3.05) is 0 Å². The van der Waals surface area contributed by atoms with Gasteiger partial charge >= 0.3 is 11.9 Å². The van der Waals surface area contributed by atoms with E-state index in [1.807, 2.05) is 0 Å². The summed E-state index contributed by atoms with van der Waals surface area (Å²) >= 11 is 0. The third kappa shape index (κ3) is 2.87. The quantitative estimate of drug-likeness (QED) is 0.707. The highest BCUT2D eigenvalue weighted by Gasteiger charge is 2.19. The summed E-state index contributed by atoms with van der Waals surface area (Å²) in [5.41, 5.74) is 0.247. The molecule has 0 aromatic heterocycles. The van der Waals surface area contributed by atoms with Crippen LogP contribution in [-0.4, -0.2) is 22.2 Å². The lowest BCUT2D eigenvalue weighted by molar-refractivity contribution is -0.140. The molecule has 2 N–H and O–H groups in total. The minimum Gasteiger partial charge on any atom is -0.481 e. The number of carboxylic acids is 2.